The van der Waals surface area contributed by atoms with E-state index in [0.717, 1.165) is 73.1 Å². The largest absolute Gasteiger partial charge is 0.464 e. The van der Waals surface area contributed by atoms with Crippen molar-refractivity contribution >= 4 is 111 Å². The van der Waals surface area contributed by atoms with E-state index in [4.69, 9.17) is 55.9 Å². The number of rotatable bonds is 15. The molecule has 2 atom stereocenters. The maximum absolute atomic E-state index is 16.4. The van der Waals surface area contributed by atoms with Crippen molar-refractivity contribution in [2.75, 3.05) is 10.6 Å². The highest BCUT2D eigenvalue weighted by molar-refractivity contribution is 7.92. The van der Waals surface area contributed by atoms with E-state index in [-0.39, 0.29) is 18.9 Å². The van der Waals surface area contributed by atoms with Crippen molar-refractivity contribution in [2.45, 2.75) is 82.9 Å². The van der Waals surface area contributed by atoms with E-state index < -0.39 is 119 Å². The molecule has 2 N–H and O–H groups in total. The number of carbonyl (C=O) groups excluding carboxylic acids is 2. The Labute approximate surface area is 414 Å². The second-order valence-electron chi connectivity index (χ2n) is 15.8. The molecule has 2 amide bonds. The maximum atomic E-state index is 16.4. The van der Waals surface area contributed by atoms with Crippen molar-refractivity contribution in [3.05, 3.63) is 138 Å². The first-order valence-corrected chi connectivity index (χ1v) is 26.7. The van der Waals surface area contributed by atoms with E-state index >= 15 is 18.4 Å². The molecule has 358 valence electrons. The van der Waals surface area contributed by atoms with Gasteiger partial charge in [0.15, 0.2) is 53.1 Å². The zero-order chi connectivity index (χ0) is 48.8. The van der Waals surface area contributed by atoms with Gasteiger partial charge in [0.2, 0.25) is 0 Å². The molecule has 0 saturated heterocycles. The lowest BCUT2D eigenvalue weighted by atomic mass is 9.71. The topological polar surface area (TPSA) is 171 Å². The van der Waals surface area contributed by atoms with Crippen molar-refractivity contribution in [3.8, 4) is 11.5 Å². The van der Waals surface area contributed by atoms with Crippen molar-refractivity contribution < 1.29 is 53.5 Å². The van der Waals surface area contributed by atoms with Crippen molar-refractivity contribution in [1.29, 1.82) is 0 Å². The molecule has 6 aromatic rings. The number of sulfone groups is 2. The van der Waals surface area contributed by atoms with E-state index in [1.165, 1.54) is 0 Å². The Balaban J connectivity index is 1.53. The van der Waals surface area contributed by atoms with Crippen LogP contribution in [0.5, 0.6) is 11.5 Å². The van der Waals surface area contributed by atoms with E-state index in [0.29, 0.717) is 86.2 Å². The van der Waals surface area contributed by atoms with Crippen LogP contribution in [-0.4, -0.2) is 49.1 Å². The smallest absolute Gasteiger partial charge is 0.280 e. The number of hydrogen-bond donors (Lipinski definition) is 2. The molecule has 0 bridgehead atoms. The highest BCUT2D eigenvalue weighted by Gasteiger charge is 2.69. The van der Waals surface area contributed by atoms with Gasteiger partial charge in [0.05, 0.1) is 42.7 Å². The Hall–Kier alpha value is -4.54. The Morgan fingerprint density at radius 2 is 0.941 bits per heavy atom. The predicted octanol–water partition coefficient (Wildman–Crippen LogP) is 11.7. The summed E-state index contributed by atoms with van der Waals surface area (Å²) in [6.07, 6.45) is 5.98. The molecule has 2 heterocycles. The molecule has 8 rings (SSSR count). The van der Waals surface area contributed by atoms with E-state index in [1.54, 1.807) is 0 Å². The lowest BCUT2D eigenvalue weighted by Crippen LogP contribution is -2.68. The molecule has 12 nitrogen and oxygen atoms in total. The summed E-state index contributed by atoms with van der Waals surface area (Å²) >= 11 is 27.7. The van der Waals surface area contributed by atoms with Crippen LogP contribution in [0.15, 0.2) is 95.0 Å². The number of ether oxygens (including phenoxy) is 2. The highest BCUT2D eigenvalue weighted by atomic mass is 35.5. The first-order valence-electron chi connectivity index (χ1n) is 20.5. The van der Waals surface area contributed by atoms with Crippen LogP contribution in [0, 0.1) is 23.3 Å². The lowest BCUT2D eigenvalue weighted by molar-refractivity contribution is -0.173. The molecule has 2 aliphatic carbocycles. The van der Waals surface area contributed by atoms with Crippen molar-refractivity contribution in [3.63, 3.8) is 0 Å². The van der Waals surface area contributed by atoms with Gasteiger partial charge in [0.1, 0.15) is 20.3 Å². The fourth-order valence-corrected chi connectivity index (χ4v) is 14.9. The summed E-state index contributed by atoms with van der Waals surface area (Å²) < 4.78 is 132. The van der Waals surface area contributed by atoms with Crippen LogP contribution in [0.3, 0.4) is 0 Å². The van der Waals surface area contributed by atoms with Crippen LogP contribution in [0.2, 0.25) is 18.7 Å². The van der Waals surface area contributed by atoms with Gasteiger partial charge in [-0.2, -0.15) is 0 Å². The third-order valence-electron chi connectivity index (χ3n) is 11.6. The minimum atomic E-state index is -4.19. The van der Waals surface area contributed by atoms with Crippen LogP contribution < -0.4 is 20.1 Å². The van der Waals surface area contributed by atoms with Gasteiger partial charge < -0.3 is 9.47 Å². The van der Waals surface area contributed by atoms with Gasteiger partial charge in [0.25, 0.3) is 23.0 Å². The second kappa shape index (κ2) is 19.7. The standard InChI is InChI=1S/C44H34Cl4F4N4O8S4/c45-29-17-23(9-15-35(29)67(59,60)27-5-1-2-6-27)43(39(57)55-41-53-21-37(47)65-41,63-33-13-11-25(49)19-31(33)51)44(40(58)56-42-54-22-38(48)66-42,64-34-14-12-26(50)20-32(34)52)24-10-16-36(30(46)18-24)68(61,62)28-7-3-4-8-28/h9-22,27-28H,1-8H2,(H,53,55,57)(H,54,56,58). The summed E-state index contributed by atoms with van der Waals surface area (Å²) in [4.78, 5) is 39.3. The Kier molecular flexibility index (Phi) is 14.4. The van der Waals surface area contributed by atoms with Crippen LogP contribution in [0.1, 0.15) is 62.5 Å². The summed E-state index contributed by atoms with van der Waals surface area (Å²) in [6, 6.07) is 9.64. The van der Waals surface area contributed by atoms with E-state index in [1.807, 2.05) is 0 Å². The predicted molar refractivity (Wildman–Crippen MR) is 251 cm³/mol. The summed E-state index contributed by atoms with van der Waals surface area (Å²) in [5.74, 6) is -10.2. The molecule has 68 heavy (non-hydrogen) atoms. The summed E-state index contributed by atoms with van der Waals surface area (Å²) in [6.45, 7) is 0. The summed E-state index contributed by atoms with van der Waals surface area (Å²) in [7, 11) is -8.38. The quantitative estimate of drug-likeness (QED) is 0.0943. The van der Waals surface area contributed by atoms with Crippen molar-refractivity contribution in [2.24, 2.45) is 0 Å². The molecule has 24 heteroatoms. The van der Waals surface area contributed by atoms with Gasteiger partial charge in [-0.25, -0.2) is 44.4 Å². The normalized spacial score (nSPS) is 16.5. The van der Waals surface area contributed by atoms with Crippen molar-refractivity contribution in [1.82, 2.24) is 9.97 Å². The second-order valence-corrected chi connectivity index (χ2v) is 24.3. The van der Waals surface area contributed by atoms with Crippen LogP contribution >= 0.6 is 69.1 Å². The molecule has 0 radical (unpaired) electrons. The average Bonchev–Trinajstić information content (AvgIpc) is 4.14. The number of aromatic nitrogens is 2. The molecule has 2 fully saturated rings. The number of anilines is 2. The number of halogens is 8. The van der Waals surface area contributed by atoms with Gasteiger partial charge in [-0.3, -0.25) is 20.2 Å². The monoisotopic (exact) mass is 1090 g/mol. The number of carbonyl (C=O) groups is 2. The molecule has 2 saturated carbocycles. The molecule has 4 aromatic carbocycles. The van der Waals surface area contributed by atoms with E-state index in [2.05, 4.69) is 20.6 Å². The SMILES string of the molecule is O=C(Nc1ncc(Cl)s1)C(Oc1ccc(F)cc1F)(c1ccc(S(=O)(=O)C2CCCC2)c(Cl)c1)C(Oc1ccc(F)cc1F)(C(=O)Nc1ncc(Cl)s1)c1ccc(S(=O)(=O)C2CCCC2)c(Cl)c1. The van der Waals surface area contributed by atoms with Crippen LogP contribution in [-0.2, 0) is 40.5 Å². The molecule has 2 aliphatic rings. The number of amides is 2. The van der Waals surface area contributed by atoms with Gasteiger partial charge in [-0.15, -0.1) is 0 Å². The maximum Gasteiger partial charge on any atom is 0.280 e. The van der Waals surface area contributed by atoms with Gasteiger partial charge in [-0.1, -0.05) is 107 Å². The first-order chi connectivity index (χ1) is 32.3. The Morgan fingerprint density at radius 3 is 1.25 bits per heavy atom. The molecular formula is C44H34Cl4F4N4O8S4. The number of nitrogens with zero attached hydrogens (tertiary/aromatic N) is 2. The fourth-order valence-electron chi connectivity index (χ4n) is 8.44. The highest BCUT2D eigenvalue weighted by Crippen LogP contribution is 2.52. The van der Waals surface area contributed by atoms with Gasteiger partial charge in [0, 0.05) is 23.3 Å². The van der Waals surface area contributed by atoms with Gasteiger partial charge in [-0.05, 0) is 74.2 Å². The number of nitrogens with one attached hydrogen (secondary N) is 2. The summed E-state index contributed by atoms with van der Waals surface area (Å²) in [5.41, 5.74) is -8.20. The Morgan fingerprint density at radius 1 is 0.574 bits per heavy atom. The molecule has 2 aromatic heterocycles. The minimum absolute atomic E-state index is 0.0287. The molecular weight excluding hydrogens is 1060 g/mol. The zero-order valence-electron chi connectivity index (χ0n) is 34.7. The van der Waals surface area contributed by atoms with Gasteiger partial charge >= 0.3 is 0 Å². The number of thiazole rings is 2. The number of hydrogen-bond acceptors (Lipinski definition) is 12. The molecule has 2 unspecified atom stereocenters. The molecule has 0 spiro atoms. The minimum Gasteiger partial charge on any atom is -0.464 e. The fraction of sp³-hybridized carbons (Fsp3) is 0.273. The zero-order valence-corrected chi connectivity index (χ0v) is 41.0. The third-order valence-corrected chi connectivity index (χ3v) is 19.2. The lowest BCUT2D eigenvalue weighted by Gasteiger charge is -2.47. The molecule has 0 aliphatic heterocycles. The van der Waals surface area contributed by atoms with Crippen LogP contribution in [0.25, 0.3) is 0 Å². The van der Waals surface area contributed by atoms with Crippen LogP contribution in [0.4, 0.5) is 27.8 Å². The third kappa shape index (κ3) is 9.42. The number of benzene rings is 4. The average molecular weight is 1090 g/mol. The summed E-state index contributed by atoms with van der Waals surface area (Å²) in [5, 5.41) is 1.60. The van der Waals surface area contributed by atoms with E-state index in [9.17, 15) is 25.6 Å². The Bertz CT molecular complexity index is 2960. The first kappa shape index (κ1) is 49.9.